The van der Waals surface area contributed by atoms with Crippen LogP contribution in [0.1, 0.15) is 26.2 Å². The summed E-state index contributed by atoms with van der Waals surface area (Å²) in [5.74, 6) is 0.792. The minimum Gasteiger partial charge on any atom is -0.494 e. The van der Waals surface area contributed by atoms with Crippen molar-refractivity contribution in [1.29, 1.82) is 0 Å². The summed E-state index contributed by atoms with van der Waals surface area (Å²) in [6.45, 7) is 2.91. The van der Waals surface area contributed by atoms with Crippen molar-refractivity contribution in [2.45, 2.75) is 26.2 Å². The van der Waals surface area contributed by atoms with Crippen LogP contribution in [-0.4, -0.2) is 6.61 Å². The van der Waals surface area contributed by atoms with Crippen LogP contribution < -0.4 is 10.5 Å². The van der Waals surface area contributed by atoms with E-state index < -0.39 is 0 Å². The number of rotatable bonds is 5. The molecule has 0 radical (unpaired) electrons. The van der Waals surface area contributed by atoms with Crippen LogP contribution in [0.15, 0.2) is 18.2 Å². The molecule has 0 atom stereocenters. The first-order valence-electron chi connectivity index (χ1n) is 4.92. The molecule has 0 aliphatic heterocycles. The molecular formula is C11H16ClNO. The highest BCUT2D eigenvalue weighted by atomic mass is 35.5. The van der Waals surface area contributed by atoms with Crippen LogP contribution in [-0.2, 0) is 0 Å². The quantitative estimate of drug-likeness (QED) is 0.600. The number of anilines is 1. The average Bonchev–Trinajstić information content (AvgIpc) is 2.18. The van der Waals surface area contributed by atoms with E-state index in [9.17, 15) is 0 Å². The van der Waals surface area contributed by atoms with E-state index in [1.807, 2.05) is 6.07 Å². The fourth-order valence-electron chi connectivity index (χ4n) is 1.14. The van der Waals surface area contributed by atoms with Gasteiger partial charge in [-0.05, 0) is 18.6 Å². The highest BCUT2D eigenvalue weighted by Gasteiger charge is 1.98. The number of nitrogens with two attached hydrogens (primary N) is 1. The lowest BCUT2D eigenvalue weighted by molar-refractivity contribution is 0.306. The Labute approximate surface area is 90.0 Å². The Morgan fingerprint density at radius 2 is 2.14 bits per heavy atom. The molecule has 0 heterocycles. The summed E-state index contributed by atoms with van der Waals surface area (Å²) >= 11 is 5.85. The second-order valence-corrected chi connectivity index (χ2v) is 3.65. The van der Waals surface area contributed by atoms with E-state index in [1.54, 1.807) is 12.1 Å². The predicted molar refractivity (Wildman–Crippen MR) is 60.9 cm³/mol. The van der Waals surface area contributed by atoms with Crippen molar-refractivity contribution >= 4 is 17.3 Å². The molecule has 0 saturated heterocycles. The maximum atomic E-state index is 5.85. The second-order valence-electron chi connectivity index (χ2n) is 3.24. The molecule has 0 aliphatic rings. The third-order valence-corrected chi connectivity index (χ3v) is 2.32. The molecule has 0 fully saturated rings. The molecule has 1 rings (SSSR count). The van der Waals surface area contributed by atoms with Gasteiger partial charge in [0, 0.05) is 6.07 Å². The molecule has 3 heteroatoms. The van der Waals surface area contributed by atoms with Gasteiger partial charge in [-0.25, -0.2) is 0 Å². The number of unbranched alkanes of at least 4 members (excludes halogenated alkanes) is 2. The van der Waals surface area contributed by atoms with Crippen LogP contribution in [0.4, 0.5) is 5.69 Å². The first-order chi connectivity index (χ1) is 6.74. The Morgan fingerprint density at radius 3 is 2.79 bits per heavy atom. The lowest BCUT2D eigenvalue weighted by Crippen LogP contribution is -1.97. The van der Waals surface area contributed by atoms with Gasteiger partial charge in [0.05, 0.1) is 17.3 Å². The molecule has 0 spiro atoms. The van der Waals surface area contributed by atoms with Gasteiger partial charge in [0.15, 0.2) is 0 Å². The lowest BCUT2D eigenvalue weighted by Gasteiger charge is -2.06. The van der Waals surface area contributed by atoms with E-state index in [-0.39, 0.29) is 0 Å². The van der Waals surface area contributed by atoms with Crippen molar-refractivity contribution in [2.75, 3.05) is 12.3 Å². The molecule has 1 aromatic carbocycles. The Hall–Kier alpha value is -0.890. The topological polar surface area (TPSA) is 35.2 Å². The predicted octanol–water partition coefficient (Wildman–Crippen LogP) is 3.49. The summed E-state index contributed by atoms with van der Waals surface area (Å²) in [5, 5.41) is 0.554. The van der Waals surface area contributed by atoms with E-state index in [1.165, 1.54) is 12.8 Å². The van der Waals surface area contributed by atoms with E-state index in [0.29, 0.717) is 10.7 Å². The van der Waals surface area contributed by atoms with Crippen molar-refractivity contribution in [2.24, 2.45) is 0 Å². The van der Waals surface area contributed by atoms with Gasteiger partial charge in [0.1, 0.15) is 5.75 Å². The van der Waals surface area contributed by atoms with Crippen molar-refractivity contribution in [1.82, 2.24) is 0 Å². The van der Waals surface area contributed by atoms with Gasteiger partial charge in [0.25, 0.3) is 0 Å². The zero-order valence-electron chi connectivity index (χ0n) is 8.42. The molecule has 0 unspecified atom stereocenters. The smallest absolute Gasteiger partial charge is 0.120 e. The van der Waals surface area contributed by atoms with Crippen molar-refractivity contribution in [3.8, 4) is 5.75 Å². The van der Waals surface area contributed by atoms with Crippen molar-refractivity contribution in [3.63, 3.8) is 0 Å². The minimum absolute atomic E-state index is 0.554. The zero-order valence-corrected chi connectivity index (χ0v) is 9.18. The maximum Gasteiger partial charge on any atom is 0.120 e. The lowest BCUT2D eigenvalue weighted by atomic mass is 10.2. The molecule has 2 N–H and O–H groups in total. The Bertz CT molecular complexity index is 289. The minimum atomic E-state index is 0.554. The Morgan fingerprint density at radius 1 is 1.36 bits per heavy atom. The number of benzene rings is 1. The molecule has 0 aromatic heterocycles. The van der Waals surface area contributed by atoms with Gasteiger partial charge in [-0.1, -0.05) is 31.4 Å². The van der Waals surface area contributed by atoms with Gasteiger partial charge < -0.3 is 10.5 Å². The molecule has 0 aliphatic carbocycles. The van der Waals surface area contributed by atoms with E-state index >= 15 is 0 Å². The largest absolute Gasteiger partial charge is 0.494 e. The summed E-state index contributed by atoms with van der Waals surface area (Å²) in [6.07, 6.45) is 3.48. The number of halogens is 1. The number of hydrogen-bond donors (Lipinski definition) is 1. The number of hydrogen-bond acceptors (Lipinski definition) is 2. The second kappa shape index (κ2) is 5.76. The fourth-order valence-corrected chi connectivity index (χ4v) is 1.31. The normalized spacial score (nSPS) is 10.1. The summed E-state index contributed by atoms with van der Waals surface area (Å²) in [7, 11) is 0. The van der Waals surface area contributed by atoms with E-state index in [2.05, 4.69) is 6.92 Å². The summed E-state index contributed by atoms with van der Waals surface area (Å²) < 4.78 is 5.50. The molecule has 1 aromatic rings. The van der Waals surface area contributed by atoms with Crippen LogP contribution in [0.5, 0.6) is 5.75 Å². The van der Waals surface area contributed by atoms with Crippen LogP contribution >= 0.6 is 11.6 Å². The van der Waals surface area contributed by atoms with E-state index in [4.69, 9.17) is 22.1 Å². The standard InChI is InChI=1S/C11H16ClNO/c1-2-3-4-7-14-9-5-6-11(13)10(12)8-9/h5-6,8H,2-4,7,13H2,1H3. The third kappa shape index (κ3) is 3.46. The molecular weight excluding hydrogens is 198 g/mol. The van der Waals surface area contributed by atoms with Crippen molar-refractivity contribution < 1.29 is 4.74 Å². The van der Waals surface area contributed by atoms with Crippen LogP contribution in [0.3, 0.4) is 0 Å². The van der Waals surface area contributed by atoms with Crippen LogP contribution in [0, 0.1) is 0 Å². The number of nitrogen functional groups attached to an aromatic ring is 1. The molecule has 0 bridgehead atoms. The van der Waals surface area contributed by atoms with Crippen LogP contribution in [0.2, 0.25) is 5.02 Å². The van der Waals surface area contributed by atoms with Crippen LogP contribution in [0.25, 0.3) is 0 Å². The first kappa shape index (κ1) is 11.2. The van der Waals surface area contributed by atoms with Gasteiger partial charge in [-0.3, -0.25) is 0 Å². The Kier molecular flexibility index (Phi) is 4.60. The first-order valence-corrected chi connectivity index (χ1v) is 5.29. The Balaban J connectivity index is 2.39. The summed E-state index contributed by atoms with van der Waals surface area (Å²) in [5.41, 5.74) is 6.17. The third-order valence-electron chi connectivity index (χ3n) is 1.99. The SMILES string of the molecule is CCCCCOc1ccc(N)c(Cl)c1. The van der Waals surface area contributed by atoms with Gasteiger partial charge in [-0.2, -0.15) is 0 Å². The van der Waals surface area contributed by atoms with Gasteiger partial charge >= 0.3 is 0 Å². The van der Waals surface area contributed by atoms with Gasteiger partial charge in [0.2, 0.25) is 0 Å². The van der Waals surface area contributed by atoms with E-state index in [0.717, 1.165) is 18.8 Å². The highest BCUT2D eigenvalue weighted by molar-refractivity contribution is 6.33. The van der Waals surface area contributed by atoms with Gasteiger partial charge in [-0.15, -0.1) is 0 Å². The molecule has 2 nitrogen and oxygen atoms in total. The fraction of sp³-hybridized carbons (Fsp3) is 0.455. The number of ether oxygens (including phenoxy) is 1. The van der Waals surface area contributed by atoms with Crippen molar-refractivity contribution in [3.05, 3.63) is 23.2 Å². The summed E-state index contributed by atoms with van der Waals surface area (Å²) in [6, 6.07) is 5.35. The zero-order chi connectivity index (χ0) is 10.4. The molecule has 78 valence electrons. The molecule has 14 heavy (non-hydrogen) atoms. The average molecular weight is 214 g/mol. The molecule has 0 amide bonds. The highest BCUT2D eigenvalue weighted by Crippen LogP contribution is 2.24. The monoisotopic (exact) mass is 213 g/mol. The molecule has 0 saturated carbocycles. The summed E-state index contributed by atoms with van der Waals surface area (Å²) in [4.78, 5) is 0. The maximum absolute atomic E-state index is 5.85.